The van der Waals surface area contributed by atoms with Crippen LogP contribution in [0.2, 0.25) is 0 Å². The number of aryl methyl sites for hydroxylation is 2. The molecule has 22 heavy (non-hydrogen) atoms. The third-order valence-electron chi connectivity index (χ3n) is 3.80. The van der Waals surface area contributed by atoms with Gasteiger partial charge in [0.25, 0.3) is 10.0 Å². The monoisotopic (exact) mass is 323 g/mol. The average molecular weight is 323 g/mol. The Morgan fingerprint density at radius 3 is 2.32 bits per heavy atom. The van der Waals surface area contributed by atoms with E-state index in [1.54, 1.807) is 12.1 Å². The van der Waals surface area contributed by atoms with Gasteiger partial charge in [0.1, 0.15) is 0 Å². The van der Waals surface area contributed by atoms with Crippen LogP contribution in [0.15, 0.2) is 41.3 Å². The van der Waals surface area contributed by atoms with Crippen molar-refractivity contribution in [3.8, 4) is 0 Å². The fourth-order valence-electron chi connectivity index (χ4n) is 2.65. The molecule has 1 N–H and O–H groups in total. The second kappa shape index (κ2) is 5.68. The summed E-state index contributed by atoms with van der Waals surface area (Å²) < 4.78 is 53.1. The summed E-state index contributed by atoms with van der Waals surface area (Å²) in [6.45, 7) is 0. The fourth-order valence-corrected chi connectivity index (χ4v) is 3.75. The number of halogens is 2. The van der Waals surface area contributed by atoms with Crippen LogP contribution in [0.25, 0.3) is 0 Å². The number of benzene rings is 2. The Labute approximate surface area is 128 Å². The molecule has 3 rings (SSSR count). The highest BCUT2D eigenvalue weighted by Gasteiger charge is 2.18. The lowest BCUT2D eigenvalue weighted by molar-refractivity contribution is 0.509. The smallest absolute Gasteiger partial charge is 0.261 e. The molecule has 0 amide bonds. The van der Waals surface area contributed by atoms with E-state index in [0.717, 1.165) is 43.4 Å². The van der Waals surface area contributed by atoms with Crippen molar-refractivity contribution in [3.63, 3.8) is 0 Å². The van der Waals surface area contributed by atoms with Crippen molar-refractivity contribution < 1.29 is 17.2 Å². The van der Waals surface area contributed by atoms with Gasteiger partial charge >= 0.3 is 0 Å². The van der Waals surface area contributed by atoms with Crippen LogP contribution >= 0.6 is 0 Å². The maximum atomic E-state index is 13.2. The lowest BCUT2D eigenvalue weighted by Crippen LogP contribution is -2.14. The van der Waals surface area contributed by atoms with Crippen LogP contribution in [0.5, 0.6) is 0 Å². The molecule has 0 unspecified atom stereocenters. The Balaban J connectivity index is 1.90. The fraction of sp³-hybridized carbons (Fsp3) is 0.250. The summed E-state index contributed by atoms with van der Waals surface area (Å²) >= 11 is 0. The number of rotatable bonds is 3. The summed E-state index contributed by atoms with van der Waals surface area (Å²) in [4.78, 5) is 0.137. The van der Waals surface area contributed by atoms with Gasteiger partial charge in [0.15, 0.2) is 11.6 Å². The molecular formula is C16H15F2NO2S. The molecule has 6 heteroatoms. The van der Waals surface area contributed by atoms with E-state index in [2.05, 4.69) is 4.72 Å². The van der Waals surface area contributed by atoms with Gasteiger partial charge in [-0.15, -0.1) is 0 Å². The zero-order valence-corrected chi connectivity index (χ0v) is 12.6. The molecule has 0 spiro atoms. The molecule has 0 saturated heterocycles. The SMILES string of the molecule is O=S(=O)(Nc1ccc(F)c(F)c1)c1ccc2c(c1)CCCC2. The molecule has 2 aromatic rings. The van der Waals surface area contributed by atoms with Crippen molar-refractivity contribution in [2.75, 3.05) is 4.72 Å². The maximum Gasteiger partial charge on any atom is 0.261 e. The van der Waals surface area contributed by atoms with Gasteiger partial charge in [-0.3, -0.25) is 4.72 Å². The third kappa shape index (κ3) is 2.97. The number of fused-ring (bicyclic) bond motifs is 1. The van der Waals surface area contributed by atoms with E-state index < -0.39 is 21.7 Å². The highest BCUT2D eigenvalue weighted by Crippen LogP contribution is 2.25. The van der Waals surface area contributed by atoms with Gasteiger partial charge in [0.2, 0.25) is 0 Å². The first-order valence-electron chi connectivity index (χ1n) is 7.05. The van der Waals surface area contributed by atoms with Crippen molar-refractivity contribution in [1.29, 1.82) is 0 Å². The Morgan fingerprint density at radius 2 is 1.59 bits per heavy atom. The van der Waals surface area contributed by atoms with Crippen LogP contribution in [0.1, 0.15) is 24.0 Å². The minimum Gasteiger partial charge on any atom is -0.280 e. The Hall–Kier alpha value is -1.95. The maximum absolute atomic E-state index is 13.2. The van der Waals surface area contributed by atoms with Crippen molar-refractivity contribution in [3.05, 3.63) is 59.2 Å². The molecule has 1 aliphatic rings. The van der Waals surface area contributed by atoms with Crippen molar-refractivity contribution in [1.82, 2.24) is 0 Å². The standard InChI is InChI=1S/C16H15F2NO2S/c17-15-8-6-13(10-16(15)18)19-22(20,21)14-7-5-11-3-1-2-4-12(11)9-14/h5-10,19H,1-4H2. The molecule has 0 fully saturated rings. The average Bonchev–Trinajstić information content (AvgIpc) is 2.50. The van der Waals surface area contributed by atoms with Gasteiger partial charge < -0.3 is 0 Å². The molecule has 1 aliphatic carbocycles. The van der Waals surface area contributed by atoms with Gasteiger partial charge in [0.05, 0.1) is 10.6 Å². The van der Waals surface area contributed by atoms with E-state index in [1.165, 1.54) is 11.6 Å². The predicted octanol–water partition coefficient (Wildman–Crippen LogP) is 3.64. The summed E-state index contributed by atoms with van der Waals surface area (Å²) in [6, 6.07) is 7.94. The summed E-state index contributed by atoms with van der Waals surface area (Å²) in [5, 5.41) is 0. The summed E-state index contributed by atoms with van der Waals surface area (Å²) in [6.07, 6.45) is 4.00. The van der Waals surface area contributed by atoms with Gasteiger partial charge in [0, 0.05) is 6.07 Å². The van der Waals surface area contributed by atoms with Crippen LogP contribution in [-0.4, -0.2) is 8.42 Å². The van der Waals surface area contributed by atoms with Crippen molar-refractivity contribution in [2.24, 2.45) is 0 Å². The molecule has 0 bridgehead atoms. The number of hydrogen-bond acceptors (Lipinski definition) is 2. The van der Waals surface area contributed by atoms with Crippen LogP contribution < -0.4 is 4.72 Å². The molecule has 0 heterocycles. The van der Waals surface area contributed by atoms with Gasteiger partial charge in [-0.1, -0.05) is 6.07 Å². The first-order chi connectivity index (χ1) is 10.5. The molecule has 0 radical (unpaired) electrons. The van der Waals surface area contributed by atoms with Crippen LogP contribution in [0.4, 0.5) is 14.5 Å². The normalized spacial score (nSPS) is 14.5. The predicted molar refractivity (Wildman–Crippen MR) is 80.3 cm³/mol. The lowest BCUT2D eigenvalue weighted by Gasteiger charge is -2.17. The lowest BCUT2D eigenvalue weighted by atomic mass is 9.92. The van der Waals surface area contributed by atoms with E-state index >= 15 is 0 Å². The minimum absolute atomic E-state index is 0.00313. The first kappa shape index (κ1) is 15.0. The van der Waals surface area contributed by atoms with Gasteiger partial charge in [-0.25, -0.2) is 17.2 Å². The zero-order valence-electron chi connectivity index (χ0n) is 11.8. The third-order valence-corrected chi connectivity index (χ3v) is 5.18. The van der Waals surface area contributed by atoms with E-state index in [4.69, 9.17) is 0 Å². The summed E-state index contributed by atoms with van der Waals surface area (Å²) in [5.74, 6) is -2.11. The van der Waals surface area contributed by atoms with Crippen molar-refractivity contribution >= 4 is 15.7 Å². The molecular weight excluding hydrogens is 308 g/mol. The second-order valence-electron chi connectivity index (χ2n) is 5.37. The Morgan fingerprint density at radius 1 is 0.864 bits per heavy atom. The first-order valence-corrected chi connectivity index (χ1v) is 8.54. The number of nitrogens with one attached hydrogen (secondary N) is 1. The van der Waals surface area contributed by atoms with Gasteiger partial charge in [-0.2, -0.15) is 0 Å². The Bertz CT molecular complexity index is 819. The van der Waals surface area contributed by atoms with Crippen LogP contribution in [-0.2, 0) is 22.9 Å². The molecule has 116 valence electrons. The highest BCUT2D eigenvalue weighted by molar-refractivity contribution is 7.92. The van der Waals surface area contributed by atoms with E-state index in [0.29, 0.717) is 0 Å². The largest absolute Gasteiger partial charge is 0.280 e. The second-order valence-corrected chi connectivity index (χ2v) is 7.05. The Kier molecular flexibility index (Phi) is 3.87. The van der Waals surface area contributed by atoms with E-state index in [-0.39, 0.29) is 10.6 Å². The minimum atomic E-state index is -3.82. The van der Waals surface area contributed by atoms with Crippen molar-refractivity contribution in [2.45, 2.75) is 30.6 Å². The quantitative estimate of drug-likeness (QED) is 0.937. The highest BCUT2D eigenvalue weighted by atomic mass is 32.2. The number of anilines is 1. The molecule has 0 atom stereocenters. The number of sulfonamides is 1. The summed E-state index contributed by atoms with van der Waals surface area (Å²) in [7, 11) is -3.82. The zero-order chi connectivity index (χ0) is 15.7. The van der Waals surface area contributed by atoms with Crippen LogP contribution in [0, 0.1) is 11.6 Å². The molecule has 2 aromatic carbocycles. The number of hydrogen-bond donors (Lipinski definition) is 1. The topological polar surface area (TPSA) is 46.2 Å². The molecule has 0 aromatic heterocycles. The van der Waals surface area contributed by atoms with Crippen LogP contribution in [0.3, 0.4) is 0 Å². The van der Waals surface area contributed by atoms with Gasteiger partial charge in [-0.05, 0) is 61.1 Å². The molecule has 3 nitrogen and oxygen atoms in total. The molecule has 0 aliphatic heterocycles. The summed E-state index contributed by atoms with van der Waals surface area (Å²) in [5.41, 5.74) is 2.22. The molecule has 0 saturated carbocycles. The van der Waals surface area contributed by atoms with E-state index in [1.807, 2.05) is 6.07 Å². The van der Waals surface area contributed by atoms with E-state index in [9.17, 15) is 17.2 Å².